The van der Waals surface area contributed by atoms with Gasteiger partial charge in [0.15, 0.2) is 18.1 Å². The topological polar surface area (TPSA) is 144 Å². The molecule has 1 aliphatic rings. The van der Waals surface area contributed by atoms with Gasteiger partial charge in [-0.3, -0.25) is 9.59 Å². The summed E-state index contributed by atoms with van der Waals surface area (Å²) >= 11 is 1.94. The molecule has 0 aromatic heterocycles. The molecule has 34 heavy (non-hydrogen) atoms. The number of carboxylic acid groups (broad SMARTS) is 1. The predicted molar refractivity (Wildman–Crippen MR) is 129 cm³/mol. The molecule has 1 fully saturated rings. The Hall–Kier alpha value is -3.81. The molecule has 2 aromatic rings. The first-order valence-electron chi connectivity index (χ1n) is 9.73. The number of imide groups is 1. The van der Waals surface area contributed by atoms with Crippen LogP contribution in [0.2, 0.25) is 0 Å². The molecule has 12 heteroatoms. The monoisotopic (exact) mass is 581 g/mol. The highest BCUT2D eigenvalue weighted by atomic mass is 127. The summed E-state index contributed by atoms with van der Waals surface area (Å²) in [6, 6.07) is 9.16. The van der Waals surface area contributed by atoms with Gasteiger partial charge in [0.2, 0.25) is 5.91 Å². The van der Waals surface area contributed by atoms with Crippen molar-refractivity contribution in [3.8, 4) is 17.2 Å². The molecular weight excluding hydrogens is 561 g/mol. The second-order valence-electron chi connectivity index (χ2n) is 6.84. The molecule has 1 heterocycles. The van der Waals surface area contributed by atoms with Crippen molar-refractivity contribution in [2.24, 2.45) is 0 Å². The molecule has 0 radical (unpaired) electrons. The van der Waals surface area contributed by atoms with Crippen molar-refractivity contribution in [2.45, 2.75) is 0 Å². The van der Waals surface area contributed by atoms with Gasteiger partial charge in [0.25, 0.3) is 5.91 Å². The minimum atomic E-state index is -1.14. The number of para-hydroxylation sites is 2. The molecule has 2 aromatic carbocycles. The van der Waals surface area contributed by atoms with Crippen LogP contribution in [0.25, 0.3) is 6.08 Å². The van der Waals surface area contributed by atoms with Crippen LogP contribution in [0, 0.1) is 3.57 Å². The highest BCUT2D eigenvalue weighted by molar-refractivity contribution is 14.1. The first kappa shape index (κ1) is 24.8. The Kier molecular flexibility index (Phi) is 7.94. The molecule has 3 N–H and O–H groups in total. The third-order valence-corrected chi connectivity index (χ3v) is 5.35. The summed E-state index contributed by atoms with van der Waals surface area (Å²) in [5.41, 5.74) is 0.866. The van der Waals surface area contributed by atoms with E-state index < -0.39 is 37.0 Å². The number of aliphatic carboxylic acids is 1. The molecule has 178 valence electrons. The number of methoxy groups -OCH3 is 2. The summed E-state index contributed by atoms with van der Waals surface area (Å²) in [5.74, 6) is -1.47. The molecule has 0 spiro atoms. The Morgan fingerprint density at radius 1 is 1.15 bits per heavy atom. The van der Waals surface area contributed by atoms with E-state index in [0.29, 0.717) is 20.6 Å². The van der Waals surface area contributed by atoms with Crippen LogP contribution in [0.1, 0.15) is 5.56 Å². The fourth-order valence-corrected chi connectivity index (χ4v) is 3.84. The first-order chi connectivity index (χ1) is 16.2. The van der Waals surface area contributed by atoms with E-state index in [1.165, 1.54) is 26.4 Å². The third kappa shape index (κ3) is 5.75. The van der Waals surface area contributed by atoms with E-state index in [0.717, 1.165) is 4.90 Å². The fourth-order valence-electron chi connectivity index (χ4n) is 3.06. The lowest BCUT2D eigenvalue weighted by molar-refractivity contribution is -0.139. The smallest absolute Gasteiger partial charge is 0.341 e. The second-order valence-corrected chi connectivity index (χ2v) is 8.01. The fraction of sp³-hybridized carbons (Fsp3) is 0.182. The van der Waals surface area contributed by atoms with E-state index in [9.17, 15) is 19.2 Å². The van der Waals surface area contributed by atoms with E-state index in [2.05, 4.69) is 10.6 Å². The average molecular weight is 581 g/mol. The highest BCUT2D eigenvalue weighted by Gasteiger charge is 2.35. The number of carboxylic acids is 1. The number of hydrogen-bond acceptors (Lipinski definition) is 7. The number of urea groups is 1. The minimum absolute atomic E-state index is 0.0350. The quantitative estimate of drug-likeness (QED) is 0.233. The van der Waals surface area contributed by atoms with Crippen LogP contribution in [0.4, 0.5) is 10.5 Å². The van der Waals surface area contributed by atoms with Crippen LogP contribution < -0.4 is 24.8 Å². The van der Waals surface area contributed by atoms with Crippen LogP contribution in [-0.4, -0.2) is 61.2 Å². The summed E-state index contributed by atoms with van der Waals surface area (Å²) in [5, 5.41) is 13.9. The van der Waals surface area contributed by atoms with Gasteiger partial charge in [-0.25, -0.2) is 14.5 Å². The lowest BCUT2D eigenvalue weighted by atomic mass is 10.1. The van der Waals surface area contributed by atoms with Gasteiger partial charge in [0, 0.05) is 0 Å². The van der Waals surface area contributed by atoms with Crippen LogP contribution in [-0.2, 0) is 14.4 Å². The third-order valence-electron chi connectivity index (χ3n) is 4.55. The molecule has 0 unspecified atom stereocenters. The van der Waals surface area contributed by atoms with Crippen LogP contribution >= 0.6 is 22.6 Å². The van der Waals surface area contributed by atoms with Crippen molar-refractivity contribution in [2.75, 3.05) is 32.7 Å². The van der Waals surface area contributed by atoms with Crippen molar-refractivity contribution in [1.82, 2.24) is 10.2 Å². The maximum absolute atomic E-state index is 12.8. The van der Waals surface area contributed by atoms with Crippen LogP contribution in [0.15, 0.2) is 42.1 Å². The lowest BCUT2D eigenvalue weighted by Crippen LogP contribution is -2.38. The van der Waals surface area contributed by atoms with Gasteiger partial charge in [-0.05, 0) is 58.5 Å². The molecule has 1 saturated heterocycles. The molecule has 11 nitrogen and oxygen atoms in total. The number of anilines is 1. The average Bonchev–Trinajstić information content (AvgIpc) is 3.05. The van der Waals surface area contributed by atoms with Crippen LogP contribution in [0.5, 0.6) is 17.2 Å². The van der Waals surface area contributed by atoms with Gasteiger partial charge in [-0.2, -0.15) is 0 Å². The predicted octanol–water partition coefficient (Wildman–Crippen LogP) is 2.30. The summed E-state index contributed by atoms with van der Waals surface area (Å²) < 4.78 is 16.2. The standard InChI is InChI=1S/C22H20IN3O8/c1-32-16-6-4-3-5-14(16)24-18(27)10-26-21(30)15(25-22(26)31)8-12-7-13(23)20(17(9-12)33-2)34-11-19(28)29/h3-9H,10-11H2,1-2H3,(H,24,27)(H,25,31)(H,28,29)/b15-8+. The van der Waals surface area contributed by atoms with Crippen molar-refractivity contribution in [3.05, 3.63) is 51.2 Å². The van der Waals surface area contributed by atoms with E-state index in [1.54, 1.807) is 30.3 Å². The number of carbonyl (C=O) groups excluding carboxylic acids is 3. The molecule has 4 amide bonds. The number of nitrogens with one attached hydrogen (secondary N) is 2. The second kappa shape index (κ2) is 10.9. The Morgan fingerprint density at radius 3 is 2.53 bits per heavy atom. The van der Waals surface area contributed by atoms with E-state index in [1.807, 2.05) is 22.6 Å². The maximum Gasteiger partial charge on any atom is 0.341 e. The normalized spacial score (nSPS) is 14.1. The molecular formula is C22H20IN3O8. The van der Waals surface area contributed by atoms with Crippen molar-refractivity contribution < 1.29 is 38.5 Å². The molecule has 0 aliphatic carbocycles. The molecule has 0 saturated carbocycles. The number of hydrogen-bond donors (Lipinski definition) is 3. The van der Waals surface area contributed by atoms with E-state index in [4.69, 9.17) is 19.3 Å². The number of amides is 4. The van der Waals surface area contributed by atoms with Crippen molar-refractivity contribution in [1.29, 1.82) is 0 Å². The largest absolute Gasteiger partial charge is 0.495 e. The van der Waals surface area contributed by atoms with Gasteiger partial charge >= 0.3 is 12.0 Å². The van der Waals surface area contributed by atoms with Gasteiger partial charge in [-0.1, -0.05) is 12.1 Å². The summed E-state index contributed by atoms with van der Waals surface area (Å²) in [6.07, 6.45) is 1.42. The van der Waals surface area contributed by atoms with Gasteiger partial charge in [-0.15, -0.1) is 0 Å². The van der Waals surface area contributed by atoms with Crippen molar-refractivity contribution in [3.63, 3.8) is 0 Å². The minimum Gasteiger partial charge on any atom is -0.495 e. The Morgan fingerprint density at radius 2 is 1.85 bits per heavy atom. The van der Waals surface area contributed by atoms with Crippen LogP contribution in [0.3, 0.4) is 0 Å². The van der Waals surface area contributed by atoms with Gasteiger partial charge in [0.1, 0.15) is 18.0 Å². The number of benzene rings is 2. The zero-order valence-electron chi connectivity index (χ0n) is 18.1. The number of nitrogens with zero attached hydrogens (tertiary/aromatic N) is 1. The van der Waals surface area contributed by atoms with Crippen molar-refractivity contribution >= 4 is 58.2 Å². The number of ether oxygens (including phenoxy) is 3. The Labute approximate surface area is 207 Å². The molecule has 0 bridgehead atoms. The lowest BCUT2D eigenvalue weighted by Gasteiger charge is -2.13. The Balaban J connectivity index is 1.76. The summed E-state index contributed by atoms with van der Waals surface area (Å²) in [6.45, 7) is -1.05. The number of rotatable bonds is 9. The molecule has 0 atom stereocenters. The SMILES string of the molecule is COc1ccccc1NC(=O)CN1C(=O)N/C(=C/c2cc(I)c(OCC(=O)O)c(OC)c2)C1=O. The molecule has 1 aliphatic heterocycles. The van der Waals surface area contributed by atoms with Gasteiger partial charge < -0.3 is 30.0 Å². The number of carbonyl (C=O) groups is 4. The zero-order chi connectivity index (χ0) is 24.8. The summed E-state index contributed by atoms with van der Waals surface area (Å²) in [4.78, 5) is 49.1. The highest BCUT2D eigenvalue weighted by Crippen LogP contribution is 2.34. The first-order valence-corrected chi connectivity index (χ1v) is 10.8. The van der Waals surface area contributed by atoms with E-state index in [-0.39, 0.29) is 17.2 Å². The number of halogens is 1. The zero-order valence-corrected chi connectivity index (χ0v) is 20.2. The summed E-state index contributed by atoms with van der Waals surface area (Å²) in [7, 11) is 2.85. The Bertz CT molecular complexity index is 1180. The molecule has 3 rings (SSSR count). The maximum atomic E-state index is 12.8. The van der Waals surface area contributed by atoms with E-state index >= 15 is 0 Å². The van der Waals surface area contributed by atoms with Gasteiger partial charge in [0.05, 0.1) is 23.5 Å².